The highest BCUT2D eigenvalue weighted by Gasteiger charge is 2.54. The lowest BCUT2D eigenvalue weighted by atomic mass is 10.1. The molecule has 6 heterocycles. The summed E-state index contributed by atoms with van der Waals surface area (Å²) in [6.07, 6.45) is -7.98. The molecule has 0 radical (unpaired) electrons. The SMILES string of the molecule is COSP1(=O)OC[C@H]2O[C@@H](n3cnc4c(N)ncnc43)[C@H](O)[C@@H]2OP(=O)(S)OC[C@H]2O[C@@H](n3ccc(=O)[nH]c3=O)[C@H](O1)[C@@H]2O. The van der Waals surface area contributed by atoms with Gasteiger partial charge in [-0.15, -0.1) is 0 Å². The number of nitrogens with zero attached hydrogens (tertiary/aromatic N) is 5. The number of anilines is 1. The highest BCUT2D eigenvalue weighted by Crippen LogP contribution is 2.64. The van der Waals surface area contributed by atoms with E-state index in [1.165, 1.54) is 24.3 Å². The molecule has 0 saturated carbocycles. The number of hydrogen-bond donors (Lipinski definition) is 5. The molecule has 3 aliphatic heterocycles. The summed E-state index contributed by atoms with van der Waals surface area (Å²) in [5, 5.41) is 22.3. The molecule has 2 bridgehead atoms. The molecule has 3 aromatic rings. The van der Waals surface area contributed by atoms with Crippen molar-refractivity contribution in [3.05, 3.63) is 45.8 Å². The van der Waals surface area contributed by atoms with Gasteiger partial charge in [-0.1, -0.05) is 12.2 Å². The molecule has 0 aliphatic carbocycles. The number of thiol groups is 1. The topological polar surface area (TPSA) is 264 Å². The van der Waals surface area contributed by atoms with Crippen molar-refractivity contribution in [1.29, 1.82) is 0 Å². The van der Waals surface area contributed by atoms with E-state index in [2.05, 4.69) is 27.2 Å². The van der Waals surface area contributed by atoms with Gasteiger partial charge in [0.25, 0.3) is 5.56 Å². The van der Waals surface area contributed by atoms with Gasteiger partial charge >= 0.3 is 19.3 Å². The zero-order valence-electron chi connectivity index (χ0n) is 22.3. The van der Waals surface area contributed by atoms with Crippen LogP contribution in [0.15, 0.2) is 34.5 Å². The van der Waals surface area contributed by atoms with Gasteiger partial charge in [0.15, 0.2) is 23.9 Å². The first-order chi connectivity index (χ1) is 20.9. The number of ether oxygens (including phenoxy) is 2. The van der Waals surface area contributed by atoms with Gasteiger partial charge in [-0.2, -0.15) is 0 Å². The Bertz CT molecular complexity index is 1760. The first-order valence-electron chi connectivity index (χ1n) is 12.6. The second-order valence-corrected chi connectivity index (χ2v) is 16.1. The highest BCUT2D eigenvalue weighted by atomic mass is 32.7. The van der Waals surface area contributed by atoms with Gasteiger partial charge in [-0.25, -0.2) is 28.9 Å². The van der Waals surface area contributed by atoms with E-state index in [0.29, 0.717) is 0 Å². The lowest BCUT2D eigenvalue weighted by Gasteiger charge is -2.27. The summed E-state index contributed by atoms with van der Waals surface area (Å²) in [4.78, 5) is 38.4. The third kappa shape index (κ3) is 6.03. The number of aliphatic hydroxyl groups is 2. The first-order valence-corrected chi connectivity index (χ1v) is 18.2. The fourth-order valence-corrected chi connectivity index (χ4v) is 8.85. The normalized spacial score (nSPS) is 38.1. The maximum Gasteiger partial charge on any atom is 0.416 e. The quantitative estimate of drug-likeness (QED) is 0.133. The molecule has 0 spiro atoms. The van der Waals surface area contributed by atoms with Crippen molar-refractivity contribution in [2.75, 3.05) is 26.1 Å². The molecular weight excluding hydrogens is 672 g/mol. The first kappa shape index (κ1) is 31.8. The summed E-state index contributed by atoms with van der Waals surface area (Å²) < 4.78 is 68.6. The second kappa shape index (κ2) is 12.2. The maximum atomic E-state index is 13.9. The van der Waals surface area contributed by atoms with Crippen LogP contribution in [-0.4, -0.2) is 96.2 Å². The van der Waals surface area contributed by atoms with Gasteiger partial charge in [0, 0.05) is 12.3 Å². The predicted octanol–water partition coefficient (Wildman–Crippen LogP) is -0.267. The smallest absolute Gasteiger partial charge is 0.387 e. The van der Waals surface area contributed by atoms with Crippen molar-refractivity contribution in [1.82, 2.24) is 29.1 Å². The summed E-state index contributed by atoms with van der Waals surface area (Å²) in [5.41, 5.74) is 4.68. The van der Waals surface area contributed by atoms with Crippen LogP contribution in [0.1, 0.15) is 12.5 Å². The van der Waals surface area contributed by atoms with Crippen molar-refractivity contribution in [2.24, 2.45) is 0 Å². The Hall–Kier alpha value is -2.17. The van der Waals surface area contributed by atoms with Crippen LogP contribution in [0, 0.1) is 0 Å². The number of aromatic nitrogens is 6. The predicted molar refractivity (Wildman–Crippen MR) is 151 cm³/mol. The average molecular weight is 698 g/mol. The van der Waals surface area contributed by atoms with E-state index in [-0.39, 0.29) is 28.6 Å². The number of nitrogens with one attached hydrogen (secondary N) is 1. The van der Waals surface area contributed by atoms with Crippen LogP contribution in [-0.2, 0) is 40.9 Å². The van der Waals surface area contributed by atoms with Crippen molar-refractivity contribution >= 4 is 54.5 Å². The van der Waals surface area contributed by atoms with Gasteiger partial charge in [0.1, 0.15) is 60.1 Å². The van der Waals surface area contributed by atoms with Crippen LogP contribution >= 0.6 is 37.5 Å². The molecular formula is C20H25N7O13P2S2. The van der Waals surface area contributed by atoms with E-state index >= 15 is 0 Å². The van der Waals surface area contributed by atoms with Crippen LogP contribution < -0.4 is 17.0 Å². The minimum Gasteiger partial charge on any atom is -0.387 e. The Balaban J connectivity index is 1.34. The summed E-state index contributed by atoms with van der Waals surface area (Å²) in [5.74, 6) is 0.0766. The lowest BCUT2D eigenvalue weighted by molar-refractivity contribution is -0.0598. The van der Waals surface area contributed by atoms with Crippen LogP contribution in [0.2, 0.25) is 0 Å². The molecule has 240 valence electrons. The Kier molecular flexibility index (Phi) is 8.83. The number of H-pyrrole nitrogens is 1. The van der Waals surface area contributed by atoms with Crippen LogP contribution in [0.5, 0.6) is 0 Å². The number of rotatable bonds is 4. The molecule has 3 aliphatic rings. The van der Waals surface area contributed by atoms with Crippen LogP contribution in [0.4, 0.5) is 5.82 Å². The number of fused-ring (bicyclic) bond motifs is 4. The van der Waals surface area contributed by atoms with E-state index in [0.717, 1.165) is 16.8 Å². The zero-order valence-corrected chi connectivity index (χ0v) is 25.8. The van der Waals surface area contributed by atoms with Crippen molar-refractivity contribution in [3.8, 4) is 0 Å². The van der Waals surface area contributed by atoms with Gasteiger partial charge in [-0.3, -0.25) is 37.0 Å². The number of nitrogens with two attached hydrogens (primary N) is 1. The molecule has 44 heavy (non-hydrogen) atoms. The second-order valence-electron chi connectivity index (χ2n) is 9.60. The van der Waals surface area contributed by atoms with Crippen LogP contribution in [0.25, 0.3) is 11.2 Å². The highest BCUT2D eigenvalue weighted by molar-refractivity contribution is 8.52. The molecule has 2 unspecified atom stereocenters. The van der Waals surface area contributed by atoms with Gasteiger partial charge in [0.2, 0.25) is 0 Å². The minimum atomic E-state index is -4.41. The Morgan fingerprint density at radius 1 is 1.05 bits per heavy atom. The molecule has 3 fully saturated rings. The van der Waals surface area contributed by atoms with Gasteiger partial charge < -0.3 is 29.6 Å². The molecule has 3 aromatic heterocycles. The van der Waals surface area contributed by atoms with Gasteiger partial charge in [0.05, 0.1) is 26.7 Å². The van der Waals surface area contributed by atoms with E-state index in [1.807, 2.05) is 4.98 Å². The number of hydrogen-bond acceptors (Lipinski definition) is 18. The molecule has 10 atom stereocenters. The standard InChI is InChI=1S/C20H25N7O13P2S2/c1-34-44-42(33)36-5-9-14(13(30)18(38-9)27-7-24-11-16(21)22-6-23-17(11)27)39-41(32,43)35-4-8-12(29)15(40-42)19(37-8)26-3-2-10(28)25-20(26)31/h2-3,6-9,12-15,18-19,29-30H,4-5H2,1H3,(H,32,43)(H2,21,22,23)(H,25,28,31)/t8-,9-,12-,13-,14-,15-,18-,19-,41?,42?/m1/s1. The molecule has 5 N–H and O–H groups in total. The number of aromatic amines is 1. The molecule has 24 heteroatoms. The van der Waals surface area contributed by atoms with E-state index in [4.69, 9.17) is 37.5 Å². The minimum absolute atomic E-state index is 0.0766. The largest absolute Gasteiger partial charge is 0.416 e. The molecule has 20 nitrogen and oxygen atoms in total. The van der Waals surface area contributed by atoms with Gasteiger partial charge in [-0.05, 0) is 0 Å². The number of aliphatic hydroxyl groups excluding tert-OH is 2. The Morgan fingerprint density at radius 2 is 1.80 bits per heavy atom. The third-order valence-electron chi connectivity index (χ3n) is 6.88. The number of imidazole rings is 1. The molecule has 3 saturated heterocycles. The zero-order chi connectivity index (χ0) is 31.4. The fraction of sp³-hybridized carbons (Fsp3) is 0.550. The monoisotopic (exact) mass is 697 g/mol. The molecule has 6 rings (SSSR count). The molecule has 0 amide bonds. The van der Waals surface area contributed by atoms with E-state index in [9.17, 15) is 28.9 Å². The van der Waals surface area contributed by atoms with E-state index in [1.54, 1.807) is 0 Å². The Labute approximate surface area is 255 Å². The number of nitrogen functional groups attached to an aromatic ring is 1. The van der Waals surface area contributed by atoms with Crippen LogP contribution in [0.3, 0.4) is 0 Å². The third-order valence-corrected chi connectivity index (χ3v) is 11.4. The summed E-state index contributed by atoms with van der Waals surface area (Å²) >= 11 is 4.31. The Morgan fingerprint density at radius 3 is 2.55 bits per heavy atom. The average Bonchev–Trinajstić information content (AvgIpc) is 3.61. The maximum absolute atomic E-state index is 13.9. The van der Waals surface area contributed by atoms with E-state index < -0.39 is 87.1 Å². The fourth-order valence-electron chi connectivity index (χ4n) is 4.92. The molecule has 0 aromatic carbocycles. The lowest BCUT2D eigenvalue weighted by Crippen LogP contribution is -2.39. The summed E-state index contributed by atoms with van der Waals surface area (Å²) in [6, 6.07) is 1.02. The summed E-state index contributed by atoms with van der Waals surface area (Å²) in [7, 11) is 1.19. The van der Waals surface area contributed by atoms with Crippen molar-refractivity contribution in [3.63, 3.8) is 0 Å². The van der Waals surface area contributed by atoms with Crippen molar-refractivity contribution in [2.45, 2.75) is 49.1 Å². The van der Waals surface area contributed by atoms with Crippen molar-refractivity contribution < 1.29 is 51.1 Å². The summed E-state index contributed by atoms with van der Waals surface area (Å²) in [6.45, 7) is -9.99.